The second kappa shape index (κ2) is 7.70. The number of carbonyl (C=O) groups is 1. The number of rotatable bonds is 5. The van der Waals surface area contributed by atoms with Gasteiger partial charge in [0.25, 0.3) is 0 Å². The highest BCUT2D eigenvalue weighted by Gasteiger charge is 2.15. The lowest BCUT2D eigenvalue weighted by Crippen LogP contribution is -2.32. The summed E-state index contributed by atoms with van der Waals surface area (Å²) in [7, 11) is 4.53. The van der Waals surface area contributed by atoms with Crippen LogP contribution in [0.1, 0.15) is 6.92 Å². The first kappa shape index (κ1) is 17.3. The Morgan fingerprint density at radius 2 is 1.63 bits per heavy atom. The molecule has 0 unspecified atom stereocenters. The number of ether oxygens (including phenoxy) is 3. The predicted molar refractivity (Wildman–Crippen MR) is 75.6 cm³/mol. The molecule has 0 fully saturated rings. The summed E-state index contributed by atoms with van der Waals surface area (Å²) >= 11 is 0. The Balaban J connectivity index is 0.00000324. The summed E-state index contributed by atoms with van der Waals surface area (Å²) < 4.78 is 15.5. The summed E-state index contributed by atoms with van der Waals surface area (Å²) in [5.74, 6) is 1.12. The topological polar surface area (TPSA) is 82.8 Å². The van der Waals surface area contributed by atoms with Crippen LogP contribution in [-0.2, 0) is 4.79 Å². The molecule has 1 atom stereocenters. The molecule has 0 saturated carbocycles. The summed E-state index contributed by atoms with van der Waals surface area (Å²) in [6, 6.07) is 2.69. The summed E-state index contributed by atoms with van der Waals surface area (Å²) in [5.41, 5.74) is 6.02. The Hall–Kier alpha value is -1.66. The van der Waals surface area contributed by atoms with E-state index in [1.165, 1.54) is 21.3 Å². The molecule has 19 heavy (non-hydrogen) atoms. The van der Waals surface area contributed by atoms with Crippen molar-refractivity contribution >= 4 is 24.0 Å². The maximum Gasteiger partial charge on any atom is 0.241 e. The van der Waals surface area contributed by atoms with Crippen LogP contribution < -0.4 is 25.3 Å². The maximum atomic E-state index is 11.5. The van der Waals surface area contributed by atoms with E-state index in [-0.39, 0.29) is 18.3 Å². The van der Waals surface area contributed by atoms with Crippen molar-refractivity contribution in [2.75, 3.05) is 26.6 Å². The van der Waals surface area contributed by atoms with Crippen LogP contribution in [-0.4, -0.2) is 33.3 Å². The second-order valence-electron chi connectivity index (χ2n) is 3.69. The van der Waals surface area contributed by atoms with Gasteiger partial charge in [0.05, 0.1) is 27.4 Å². The molecule has 7 heteroatoms. The molecular formula is C12H19ClN2O4. The Morgan fingerprint density at radius 1 is 1.16 bits per heavy atom. The molecule has 0 heterocycles. The Kier molecular flexibility index (Phi) is 7.03. The average molecular weight is 291 g/mol. The van der Waals surface area contributed by atoms with Gasteiger partial charge in [0.1, 0.15) is 0 Å². The Morgan fingerprint density at radius 3 is 1.95 bits per heavy atom. The third-order valence-corrected chi connectivity index (χ3v) is 2.35. The molecule has 0 bridgehead atoms. The van der Waals surface area contributed by atoms with Gasteiger partial charge in [-0.25, -0.2) is 0 Å². The number of amides is 1. The van der Waals surface area contributed by atoms with E-state index in [1.54, 1.807) is 19.1 Å². The molecule has 1 aromatic carbocycles. The van der Waals surface area contributed by atoms with Gasteiger partial charge in [-0.1, -0.05) is 0 Å². The number of nitrogens with two attached hydrogens (primary N) is 1. The highest BCUT2D eigenvalue weighted by molar-refractivity contribution is 5.95. The standard InChI is InChI=1S/C12H18N2O4.ClH/c1-7(13)12(15)14-8-5-9(16-2)11(18-4)10(6-8)17-3;/h5-7H,13H2,1-4H3,(H,14,15);1H/t7-;/m1./s1. The number of hydrogen-bond donors (Lipinski definition) is 2. The van der Waals surface area contributed by atoms with E-state index in [0.717, 1.165) is 0 Å². The van der Waals surface area contributed by atoms with E-state index in [9.17, 15) is 4.79 Å². The fourth-order valence-corrected chi connectivity index (χ4v) is 1.41. The van der Waals surface area contributed by atoms with Crippen molar-refractivity contribution in [3.8, 4) is 17.2 Å². The molecule has 0 aliphatic heterocycles. The Labute approximate surface area is 118 Å². The van der Waals surface area contributed by atoms with Crippen LogP contribution in [0.3, 0.4) is 0 Å². The van der Waals surface area contributed by atoms with Crippen LogP contribution in [0.5, 0.6) is 17.2 Å². The van der Waals surface area contributed by atoms with Crippen LogP contribution in [0.15, 0.2) is 12.1 Å². The molecule has 0 spiro atoms. The van der Waals surface area contributed by atoms with Crippen LogP contribution in [0.25, 0.3) is 0 Å². The van der Waals surface area contributed by atoms with Crippen LogP contribution in [0, 0.1) is 0 Å². The molecule has 6 nitrogen and oxygen atoms in total. The van der Waals surface area contributed by atoms with Gasteiger partial charge in [-0.3, -0.25) is 4.79 Å². The number of nitrogens with one attached hydrogen (secondary N) is 1. The zero-order valence-corrected chi connectivity index (χ0v) is 12.2. The molecule has 1 aromatic rings. The first-order valence-electron chi connectivity index (χ1n) is 5.40. The number of benzene rings is 1. The van der Waals surface area contributed by atoms with Gasteiger partial charge in [0, 0.05) is 17.8 Å². The van der Waals surface area contributed by atoms with Crippen LogP contribution in [0.2, 0.25) is 0 Å². The molecule has 0 aliphatic carbocycles. The number of anilines is 1. The number of halogens is 1. The zero-order chi connectivity index (χ0) is 13.7. The van der Waals surface area contributed by atoms with Crippen molar-refractivity contribution in [1.82, 2.24) is 0 Å². The van der Waals surface area contributed by atoms with E-state index in [1.807, 2.05) is 0 Å². The van der Waals surface area contributed by atoms with Gasteiger partial charge in [0.15, 0.2) is 11.5 Å². The number of methoxy groups -OCH3 is 3. The summed E-state index contributed by atoms with van der Waals surface area (Å²) in [4.78, 5) is 11.5. The van der Waals surface area contributed by atoms with Crippen molar-refractivity contribution in [3.63, 3.8) is 0 Å². The highest BCUT2D eigenvalue weighted by Crippen LogP contribution is 2.39. The average Bonchev–Trinajstić information content (AvgIpc) is 2.37. The fraction of sp³-hybridized carbons (Fsp3) is 0.417. The first-order chi connectivity index (χ1) is 8.53. The molecule has 0 radical (unpaired) electrons. The van der Waals surface area contributed by atoms with E-state index in [0.29, 0.717) is 22.9 Å². The largest absolute Gasteiger partial charge is 0.493 e. The van der Waals surface area contributed by atoms with Crippen molar-refractivity contribution in [2.45, 2.75) is 13.0 Å². The van der Waals surface area contributed by atoms with Gasteiger partial charge >= 0.3 is 0 Å². The molecule has 0 aromatic heterocycles. The summed E-state index contributed by atoms with van der Waals surface area (Å²) in [6.07, 6.45) is 0. The highest BCUT2D eigenvalue weighted by atomic mass is 35.5. The zero-order valence-electron chi connectivity index (χ0n) is 11.4. The Bertz CT molecular complexity index is 413. The molecule has 0 saturated heterocycles. The quantitative estimate of drug-likeness (QED) is 0.857. The minimum absolute atomic E-state index is 0. The first-order valence-corrected chi connectivity index (χ1v) is 5.40. The lowest BCUT2D eigenvalue weighted by molar-refractivity contribution is -0.117. The van der Waals surface area contributed by atoms with Gasteiger partial charge in [-0.2, -0.15) is 0 Å². The van der Waals surface area contributed by atoms with Crippen LogP contribution >= 0.6 is 12.4 Å². The number of carbonyl (C=O) groups excluding carboxylic acids is 1. The number of hydrogen-bond acceptors (Lipinski definition) is 5. The van der Waals surface area contributed by atoms with Gasteiger partial charge in [0.2, 0.25) is 11.7 Å². The van der Waals surface area contributed by atoms with Gasteiger partial charge in [-0.05, 0) is 6.92 Å². The van der Waals surface area contributed by atoms with E-state index in [2.05, 4.69) is 5.32 Å². The minimum Gasteiger partial charge on any atom is -0.493 e. The third kappa shape index (κ3) is 4.18. The summed E-state index contributed by atoms with van der Waals surface area (Å²) in [5, 5.41) is 2.66. The van der Waals surface area contributed by atoms with Crippen LogP contribution in [0.4, 0.5) is 5.69 Å². The van der Waals surface area contributed by atoms with Gasteiger partial charge < -0.3 is 25.3 Å². The predicted octanol–water partition coefficient (Wildman–Crippen LogP) is 1.42. The monoisotopic (exact) mass is 290 g/mol. The minimum atomic E-state index is -0.593. The second-order valence-corrected chi connectivity index (χ2v) is 3.69. The van der Waals surface area contributed by atoms with E-state index < -0.39 is 6.04 Å². The lowest BCUT2D eigenvalue weighted by Gasteiger charge is -2.15. The normalized spacial score (nSPS) is 11.0. The third-order valence-electron chi connectivity index (χ3n) is 2.35. The summed E-state index contributed by atoms with van der Waals surface area (Å²) in [6.45, 7) is 1.60. The molecule has 0 aliphatic rings. The van der Waals surface area contributed by atoms with Gasteiger partial charge in [-0.15, -0.1) is 12.4 Å². The molecule has 1 amide bonds. The van der Waals surface area contributed by atoms with Crippen molar-refractivity contribution in [1.29, 1.82) is 0 Å². The van der Waals surface area contributed by atoms with E-state index >= 15 is 0 Å². The lowest BCUT2D eigenvalue weighted by atomic mass is 10.2. The van der Waals surface area contributed by atoms with Crippen molar-refractivity contribution in [3.05, 3.63) is 12.1 Å². The van der Waals surface area contributed by atoms with Crippen molar-refractivity contribution < 1.29 is 19.0 Å². The molecule has 3 N–H and O–H groups in total. The SMILES string of the molecule is COc1cc(NC(=O)[C@@H](C)N)cc(OC)c1OC.Cl. The smallest absolute Gasteiger partial charge is 0.241 e. The molecule has 1 rings (SSSR count). The van der Waals surface area contributed by atoms with E-state index in [4.69, 9.17) is 19.9 Å². The molecule has 108 valence electrons. The van der Waals surface area contributed by atoms with Crippen molar-refractivity contribution in [2.24, 2.45) is 5.73 Å². The maximum absolute atomic E-state index is 11.5. The molecular weight excluding hydrogens is 272 g/mol. The fourth-order valence-electron chi connectivity index (χ4n) is 1.41.